The van der Waals surface area contributed by atoms with Gasteiger partial charge in [-0.2, -0.15) is 0 Å². The summed E-state index contributed by atoms with van der Waals surface area (Å²) < 4.78 is 0.947. The van der Waals surface area contributed by atoms with E-state index in [4.69, 9.17) is 5.11 Å². The second-order valence-electron chi connectivity index (χ2n) is 4.42. The number of halogens is 1. The summed E-state index contributed by atoms with van der Waals surface area (Å²) >= 11 is 2.14. The third-order valence-electron chi connectivity index (χ3n) is 2.56. The second kappa shape index (κ2) is 7.44. The van der Waals surface area contributed by atoms with Crippen LogP contribution in [-0.2, 0) is 9.59 Å². The van der Waals surface area contributed by atoms with Gasteiger partial charge in [-0.1, -0.05) is 12.1 Å². The molecule has 0 radical (unpaired) electrons. The summed E-state index contributed by atoms with van der Waals surface area (Å²) in [5, 5.41) is 11.6. The van der Waals surface area contributed by atoms with Gasteiger partial charge in [0.15, 0.2) is 0 Å². The molecule has 0 aromatic heterocycles. The van der Waals surface area contributed by atoms with Gasteiger partial charge in [-0.05, 0) is 48.6 Å². The van der Waals surface area contributed by atoms with Crippen LogP contribution in [0.2, 0.25) is 0 Å². The summed E-state index contributed by atoms with van der Waals surface area (Å²) in [6.07, 6.45) is 0. The maximum Gasteiger partial charge on any atom is 0.317 e. The van der Waals surface area contributed by atoms with E-state index in [9.17, 15) is 9.59 Å². The number of nitrogens with one attached hydrogen (secondary N) is 1. The lowest BCUT2D eigenvalue weighted by Gasteiger charge is -2.23. The van der Waals surface area contributed by atoms with Crippen LogP contribution >= 0.6 is 22.6 Å². The molecule has 0 bridgehead atoms. The fourth-order valence-corrected chi connectivity index (χ4v) is 2.05. The van der Waals surface area contributed by atoms with Crippen molar-refractivity contribution >= 4 is 40.2 Å². The minimum atomic E-state index is -0.934. The van der Waals surface area contributed by atoms with Gasteiger partial charge in [-0.3, -0.25) is 14.5 Å². The van der Waals surface area contributed by atoms with Gasteiger partial charge >= 0.3 is 5.97 Å². The number of benzene rings is 1. The Balaban J connectivity index is 2.63. The van der Waals surface area contributed by atoms with Crippen LogP contribution in [0.25, 0.3) is 0 Å². The first-order valence-electron chi connectivity index (χ1n) is 5.90. The van der Waals surface area contributed by atoms with Crippen molar-refractivity contribution in [2.24, 2.45) is 0 Å². The Morgan fingerprint density at radius 2 is 1.95 bits per heavy atom. The Bertz CT molecular complexity index is 463. The summed E-state index contributed by atoms with van der Waals surface area (Å²) in [6, 6.07) is 7.44. The van der Waals surface area contributed by atoms with Gasteiger partial charge in [0.1, 0.15) is 0 Å². The molecular weight excluding hydrogens is 359 g/mol. The molecule has 1 amide bonds. The molecule has 2 N–H and O–H groups in total. The molecule has 5 nitrogen and oxygen atoms in total. The highest BCUT2D eigenvalue weighted by Gasteiger charge is 2.17. The van der Waals surface area contributed by atoms with Crippen molar-refractivity contribution in [1.82, 2.24) is 4.90 Å². The smallest absolute Gasteiger partial charge is 0.317 e. The third kappa shape index (κ3) is 5.56. The van der Waals surface area contributed by atoms with E-state index in [0.29, 0.717) is 0 Å². The number of anilines is 1. The van der Waals surface area contributed by atoms with Crippen molar-refractivity contribution in [2.45, 2.75) is 19.9 Å². The summed E-state index contributed by atoms with van der Waals surface area (Å²) in [5.74, 6) is -1.14. The van der Waals surface area contributed by atoms with Crippen LogP contribution in [0.1, 0.15) is 13.8 Å². The molecule has 1 rings (SSSR count). The van der Waals surface area contributed by atoms with Gasteiger partial charge in [-0.15, -0.1) is 0 Å². The Kier molecular flexibility index (Phi) is 6.23. The number of aliphatic carboxylic acids is 1. The first kappa shape index (κ1) is 15.9. The Morgan fingerprint density at radius 3 is 2.47 bits per heavy atom. The maximum absolute atomic E-state index is 11.9. The SMILES string of the molecule is CC(C)N(CC(=O)O)CC(=O)Nc1ccccc1I. The molecule has 104 valence electrons. The highest BCUT2D eigenvalue weighted by Crippen LogP contribution is 2.16. The molecule has 6 heteroatoms. The first-order chi connectivity index (χ1) is 8.90. The molecule has 0 heterocycles. The van der Waals surface area contributed by atoms with Gasteiger partial charge in [-0.25, -0.2) is 0 Å². The van der Waals surface area contributed by atoms with E-state index in [1.807, 2.05) is 38.1 Å². The number of amides is 1. The summed E-state index contributed by atoms with van der Waals surface area (Å²) in [7, 11) is 0. The number of carbonyl (C=O) groups excluding carboxylic acids is 1. The van der Waals surface area contributed by atoms with Crippen LogP contribution in [0.4, 0.5) is 5.69 Å². The van der Waals surface area contributed by atoms with Gasteiger partial charge in [0.2, 0.25) is 5.91 Å². The van der Waals surface area contributed by atoms with Crippen LogP contribution in [0.15, 0.2) is 24.3 Å². The molecule has 0 spiro atoms. The lowest BCUT2D eigenvalue weighted by molar-refractivity contribution is -0.139. The molecule has 0 fully saturated rings. The molecule has 19 heavy (non-hydrogen) atoms. The van der Waals surface area contributed by atoms with Crippen molar-refractivity contribution in [3.05, 3.63) is 27.8 Å². The molecule has 0 saturated carbocycles. The Morgan fingerprint density at radius 1 is 1.32 bits per heavy atom. The van der Waals surface area contributed by atoms with Crippen molar-refractivity contribution in [3.8, 4) is 0 Å². The second-order valence-corrected chi connectivity index (χ2v) is 5.58. The summed E-state index contributed by atoms with van der Waals surface area (Å²) in [6.45, 7) is 3.65. The normalized spacial score (nSPS) is 10.8. The van der Waals surface area contributed by atoms with Crippen LogP contribution in [0, 0.1) is 3.57 Å². The molecule has 1 aromatic rings. The molecule has 0 aliphatic heterocycles. The fraction of sp³-hybridized carbons (Fsp3) is 0.385. The number of hydrogen-bond acceptors (Lipinski definition) is 3. The molecular formula is C13H17IN2O3. The number of carboxylic acids is 1. The summed E-state index contributed by atoms with van der Waals surface area (Å²) in [4.78, 5) is 24.3. The zero-order chi connectivity index (χ0) is 14.4. The molecule has 1 aromatic carbocycles. The molecule has 0 atom stereocenters. The largest absolute Gasteiger partial charge is 0.480 e. The molecule has 0 saturated heterocycles. The van der Waals surface area contributed by atoms with E-state index in [1.165, 1.54) is 0 Å². The number of nitrogens with zero attached hydrogens (tertiary/aromatic N) is 1. The van der Waals surface area contributed by atoms with E-state index in [2.05, 4.69) is 27.9 Å². The zero-order valence-corrected chi connectivity index (χ0v) is 13.0. The van der Waals surface area contributed by atoms with E-state index in [0.717, 1.165) is 9.26 Å². The van der Waals surface area contributed by atoms with E-state index in [1.54, 1.807) is 4.90 Å². The minimum Gasteiger partial charge on any atom is -0.480 e. The predicted molar refractivity (Wildman–Crippen MR) is 82.1 cm³/mol. The van der Waals surface area contributed by atoms with Gasteiger partial charge in [0, 0.05) is 9.61 Å². The van der Waals surface area contributed by atoms with E-state index in [-0.39, 0.29) is 25.0 Å². The van der Waals surface area contributed by atoms with Crippen LogP contribution in [-0.4, -0.2) is 41.0 Å². The number of para-hydroxylation sites is 1. The Hall–Kier alpha value is -1.15. The fourth-order valence-electron chi connectivity index (χ4n) is 1.53. The number of carboxylic acid groups (broad SMARTS) is 1. The number of hydrogen-bond donors (Lipinski definition) is 2. The van der Waals surface area contributed by atoms with Crippen molar-refractivity contribution in [3.63, 3.8) is 0 Å². The van der Waals surface area contributed by atoms with Crippen molar-refractivity contribution in [1.29, 1.82) is 0 Å². The highest BCUT2D eigenvalue weighted by molar-refractivity contribution is 14.1. The monoisotopic (exact) mass is 376 g/mol. The van der Waals surface area contributed by atoms with E-state index >= 15 is 0 Å². The van der Waals surface area contributed by atoms with Crippen molar-refractivity contribution < 1.29 is 14.7 Å². The topological polar surface area (TPSA) is 69.6 Å². The minimum absolute atomic E-state index is 0.00306. The predicted octanol–water partition coefficient (Wildman–Crippen LogP) is 2.02. The summed E-state index contributed by atoms with van der Waals surface area (Å²) in [5.41, 5.74) is 0.743. The quantitative estimate of drug-likeness (QED) is 0.746. The molecule has 0 unspecified atom stereocenters. The zero-order valence-electron chi connectivity index (χ0n) is 10.9. The Labute approximate surface area is 126 Å². The van der Waals surface area contributed by atoms with Crippen LogP contribution in [0.3, 0.4) is 0 Å². The van der Waals surface area contributed by atoms with E-state index < -0.39 is 5.97 Å². The van der Waals surface area contributed by atoms with Gasteiger partial charge in [0.25, 0.3) is 0 Å². The number of rotatable bonds is 6. The highest BCUT2D eigenvalue weighted by atomic mass is 127. The lowest BCUT2D eigenvalue weighted by atomic mass is 10.3. The average molecular weight is 376 g/mol. The molecule has 0 aliphatic carbocycles. The maximum atomic E-state index is 11.9. The average Bonchev–Trinajstić information content (AvgIpc) is 2.30. The molecule has 0 aliphatic rings. The first-order valence-corrected chi connectivity index (χ1v) is 6.98. The third-order valence-corrected chi connectivity index (χ3v) is 3.50. The van der Waals surface area contributed by atoms with Gasteiger partial charge < -0.3 is 10.4 Å². The lowest BCUT2D eigenvalue weighted by Crippen LogP contribution is -2.41. The van der Waals surface area contributed by atoms with Crippen LogP contribution < -0.4 is 5.32 Å². The standard InChI is InChI=1S/C13H17IN2O3/c1-9(2)16(8-13(18)19)7-12(17)15-11-6-4-3-5-10(11)14/h3-6,9H,7-8H2,1-2H3,(H,15,17)(H,18,19). The van der Waals surface area contributed by atoms with Crippen molar-refractivity contribution in [2.75, 3.05) is 18.4 Å². The van der Waals surface area contributed by atoms with Crippen LogP contribution in [0.5, 0.6) is 0 Å². The number of carbonyl (C=O) groups is 2. The van der Waals surface area contributed by atoms with Gasteiger partial charge in [0.05, 0.1) is 18.8 Å².